The summed E-state index contributed by atoms with van der Waals surface area (Å²) in [7, 11) is -3.94. The standard InChI is InChI=1S/C31H36BrN3O5S/c1-22(36)25-14-10-16-27(19-25)35(41(5,39)40)21-29(37)34(20-24-13-9-15-26(32)17-24)28(30(38)33-31(2,3)4)18-23-11-7-6-8-12-23/h6-17,19,28H,18,20-21H2,1-5H3,(H,33,38)/t28-/m1/s1. The van der Waals surface area contributed by atoms with E-state index in [1.54, 1.807) is 12.1 Å². The molecule has 41 heavy (non-hydrogen) atoms. The zero-order chi connectivity index (χ0) is 30.4. The molecular formula is C31H36BrN3O5S. The molecule has 1 N–H and O–H groups in total. The van der Waals surface area contributed by atoms with Gasteiger partial charge in [0.05, 0.1) is 11.9 Å². The molecule has 218 valence electrons. The fourth-order valence-electron chi connectivity index (χ4n) is 4.33. The van der Waals surface area contributed by atoms with Crippen molar-refractivity contribution in [3.8, 4) is 0 Å². The van der Waals surface area contributed by atoms with Gasteiger partial charge in [0.25, 0.3) is 0 Å². The van der Waals surface area contributed by atoms with Gasteiger partial charge in [0, 0.05) is 28.5 Å². The van der Waals surface area contributed by atoms with Crippen LogP contribution in [-0.4, -0.2) is 55.3 Å². The first-order valence-electron chi connectivity index (χ1n) is 13.1. The van der Waals surface area contributed by atoms with Crippen molar-refractivity contribution in [2.24, 2.45) is 0 Å². The summed E-state index contributed by atoms with van der Waals surface area (Å²) in [5.74, 6) is -1.15. The molecule has 0 spiro atoms. The van der Waals surface area contributed by atoms with Crippen LogP contribution in [-0.2, 0) is 32.6 Å². The molecule has 2 amide bonds. The number of anilines is 1. The van der Waals surface area contributed by atoms with Gasteiger partial charge in [-0.2, -0.15) is 0 Å². The Hall–Kier alpha value is -3.50. The minimum atomic E-state index is -3.94. The van der Waals surface area contributed by atoms with Gasteiger partial charge >= 0.3 is 0 Å². The summed E-state index contributed by atoms with van der Waals surface area (Å²) in [5, 5.41) is 3.00. The van der Waals surface area contributed by atoms with Crippen molar-refractivity contribution in [2.75, 3.05) is 17.1 Å². The highest BCUT2D eigenvalue weighted by Crippen LogP contribution is 2.23. The van der Waals surface area contributed by atoms with Crippen molar-refractivity contribution in [3.63, 3.8) is 0 Å². The molecule has 1 atom stereocenters. The first kappa shape index (κ1) is 32.0. The highest BCUT2D eigenvalue weighted by Gasteiger charge is 2.34. The van der Waals surface area contributed by atoms with Crippen molar-refractivity contribution < 1.29 is 22.8 Å². The molecule has 0 fully saturated rings. The molecule has 0 heterocycles. The first-order valence-corrected chi connectivity index (χ1v) is 15.8. The van der Waals surface area contributed by atoms with Crippen molar-refractivity contribution in [1.29, 1.82) is 0 Å². The zero-order valence-electron chi connectivity index (χ0n) is 23.9. The normalized spacial score (nSPS) is 12.3. The van der Waals surface area contributed by atoms with E-state index >= 15 is 0 Å². The lowest BCUT2D eigenvalue weighted by Crippen LogP contribution is -2.56. The van der Waals surface area contributed by atoms with Crippen LogP contribution >= 0.6 is 15.9 Å². The molecule has 0 aromatic heterocycles. The molecule has 0 aliphatic rings. The van der Waals surface area contributed by atoms with Crippen molar-refractivity contribution in [1.82, 2.24) is 10.2 Å². The zero-order valence-corrected chi connectivity index (χ0v) is 26.3. The van der Waals surface area contributed by atoms with Gasteiger partial charge in [0.1, 0.15) is 12.6 Å². The molecule has 0 saturated carbocycles. The third-order valence-electron chi connectivity index (χ3n) is 6.23. The molecule has 0 aliphatic heterocycles. The molecule has 0 saturated heterocycles. The Morgan fingerprint density at radius 1 is 0.902 bits per heavy atom. The van der Waals surface area contributed by atoms with Crippen molar-refractivity contribution >= 4 is 49.2 Å². The van der Waals surface area contributed by atoms with Crippen LogP contribution in [0.4, 0.5) is 5.69 Å². The topological polar surface area (TPSA) is 104 Å². The van der Waals surface area contributed by atoms with E-state index in [2.05, 4.69) is 21.2 Å². The van der Waals surface area contributed by atoms with Crippen LogP contribution in [0.25, 0.3) is 0 Å². The van der Waals surface area contributed by atoms with Crippen molar-refractivity contribution in [3.05, 3.63) is 100 Å². The number of carbonyl (C=O) groups excluding carboxylic acids is 3. The third-order valence-corrected chi connectivity index (χ3v) is 7.86. The second-order valence-electron chi connectivity index (χ2n) is 11.0. The molecule has 0 bridgehead atoms. The van der Waals surface area contributed by atoms with E-state index in [9.17, 15) is 22.8 Å². The van der Waals surface area contributed by atoms with E-state index in [0.717, 1.165) is 26.2 Å². The smallest absolute Gasteiger partial charge is 0.244 e. The monoisotopic (exact) mass is 641 g/mol. The molecule has 3 aromatic carbocycles. The number of nitrogens with one attached hydrogen (secondary N) is 1. The number of nitrogens with zero attached hydrogens (tertiary/aromatic N) is 2. The Morgan fingerprint density at radius 3 is 2.12 bits per heavy atom. The summed E-state index contributed by atoms with van der Waals surface area (Å²) in [6.45, 7) is 6.48. The largest absolute Gasteiger partial charge is 0.350 e. The van der Waals surface area contributed by atoms with Crippen molar-refractivity contribution in [2.45, 2.75) is 52.2 Å². The predicted octanol–water partition coefficient (Wildman–Crippen LogP) is 4.97. The minimum absolute atomic E-state index is 0.0679. The third kappa shape index (κ3) is 9.54. The average molecular weight is 643 g/mol. The predicted molar refractivity (Wildman–Crippen MR) is 165 cm³/mol. The van der Waals surface area contributed by atoms with Crippen LogP contribution in [0.3, 0.4) is 0 Å². The number of amides is 2. The summed E-state index contributed by atoms with van der Waals surface area (Å²) < 4.78 is 27.7. The second kappa shape index (κ2) is 13.4. The number of benzene rings is 3. The summed E-state index contributed by atoms with van der Waals surface area (Å²) in [4.78, 5) is 41.3. The van der Waals surface area contributed by atoms with Gasteiger partial charge in [-0.1, -0.05) is 70.5 Å². The lowest BCUT2D eigenvalue weighted by atomic mass is 10.0. The highest BCUT2D eigenvalue weighted by molar-refractivity contribution is 9.10. The minimum Gasteiger partial charge on any atom is -0.350 e. The quantitative estimate of drug-likeness (QED) is 0.298. The summed E-state index contributed by atoms with van der Waals surface area (Å²) in [5.41, 5.74) is 1.56. The first-order chi connectivity index (χ1) is 19.1. The second-order valence-corrected chi connectivity index (χ2v) is 13.8. The van der Waals surface area contributed by atoms with Gasteiger partial charge in [-0.05, 0) is 63.1 Å². The van der Waals surface area contributed by atoms with Crippen LogP contribution in [0, 0.1) is 0 Å². The molecular weight excluding hydrogens is 606 g/mol. The van der Waals surface area contributed by atoms with Gasteiger partial charge in [-0.25, -0.2) is 8.42 Å². The van der Waals surface area contributed by atoms with E-state index < -0.39 is 34.1 Å². The molecule has 0 aliphatic carbocycles. The SMILES string of the molecule is CC(=O)c1cccc(N(CC(=O)N(Cc2cccc(Br)c2)[C@H](Cc2ccccc2)C(=O)NC(C)(C)C)S(C)(=O)=O)c1. The fraction of sp³-hybridized carbons (Fsp3) is 0.323. The fourth-order valence-corrected chi connectivity index (χ4v) is 5.62. The number of carbonyl (C=O) groups is 3. The maximum absolute atomic E-state index is 14.1. The van der Waals surface area contributed by atoms with Gasteiger partial charge < -0.3 is 10.2 Å². The van der Waals surface area contributed by atoms with Crippen LogP contribution in [0.2, 0.25) is 0 Å². The molecule has 3 aromatic rings. The van der Waals surface area contributed by atoms with E-state index in [4.69, 9.17) is 0 Å². The maximum Gasteiger partial charge on any atom is 0.244 e. The average Bonchev–Trinajstić information content (AvgIpc) is 2.88. The Labute approximate surface area is 250 Å². The molecule has 8 nitrogen and oxygen atoms in total. The lowest BCUT2D eigenvalue weighted by Gasteiger charge is -2.35. The van der Waals surface area contributed by atoms with Gasteiger partial charge in [0.15, 0.2) is 5.78 Å². The summed E-state index contributed by atoms with van der Waals surface area (Å²) >= 11 is 3.47. The van der Waals surface area contributed by atoms with E-state index in [1.165, 1.54) is 24.0 Å². The Kier molecular flexibility index (Phi) is 10.5. The van der Waals surface area contributed by atoms with E-state index in [0.29, 0.717) is 5.56 Å². The molecule has 3 rings (SSSR count). The Balaban J connectivity index is 2.09. The highest BCUT2D eigenvalue weighted by atomic mass is 79.9. The van der Waals surface area contributed by atoms with Gasteiger partial charge in [-0.15, -0.1) is 0 Å². The number of hydrogen-bond acceptors (Lipinski definition) is 5. The molecule has 0 unspecified atom stereocenters. The van der Waals surface area contributed by atoms with Crippen LogP contribution in [0.5, 0.6) is 0 Å². The van der Waals surface area contributed by atoms with Gasteiger partial charge in [0.2, 0.25) is 21.8 Å². The Morgan fingerprint density at radius 2 is 1.54 bits per heavy atom. The number of hydrogen-bond donors (Lipinski definition) is 1. The van der Waals surface area contributed by atoms with Gasteiger partial charge in [-0.3, -0.25) is 18.7 Å². The summed E-state index contributed by atoms with van der Waals surface area (Å²) in [6, 6.07) is 22.0. The molecule has 10 heteroatoms. The van der Waals surface area contributed by atoms with E-state index in [1.807, 2.05) is 75.4 Å². The Bertz CT molecular complexity index is 1500. The van der Waals surface area contributed by atoms with Crippen LogP contribution in [0.1, 0.15) is 49.2 Å². The van der Waals surface area contributed by atoms with Crippen LogP contribution in [0.15, 0.2) is 83.3 Å². The number of halogens is 1. The number of Topliss-reactive ketones (excluding diaryl/α,β-unsaturated/α-hetero) is 1. The number of sulfonamides is 1. The van der Waals surface area contributed by atoms with Crippen LogP contribution < -0.4 is 9.62 Å². The van der Waals surface area contributed by atoms with E-state index in [-0.39, 0.29) is 30.3 Å². The maximum atomic E-state index is 14.1. The number of rotatable bonds is 11. The summed E-state index contributed by atoms with van der Waals surface area (Å²) in [6.07, 6.45) is 1.23. The molecule has 0 radical (unpaired) electrons. The number of ketones is 1. The lowest BCUT2D eigenvalue weighted by molar-refractivity contribution is -0.140.